The van der Waals surface area contributed by atoms with E-state index in [0.29, 0.717) is 6.61 Å². The lowest BCUT2D eigenvalue weighted by atomic mass is 10.5. The highest BCUT2D eigenvalue weighted by Gasteiger charge is 2.02. The van der Waals surface area contributed by atoms with Gasteiger partial charge in [-0.3, -0.25) is 4.79 Å². The second kappa shape index (κ2) is 6.84. The number of aromatic nitrogens is 1. The van der Waals surface area contributed by atoms with E-state index in [-0.39, 0.29) is 5.75 Å². The van der Waals surface area contributed by atoms with Gasteiger partial charge in [-0.2, -0.15) is 0 Å². The number of esters is 1. The molecule has 0 fully saturated rings. The minimum Gasteiger partial charge on any atom is -0.850 e. The lowest BCUT2D eigenvalue weighted by Gasteiger charge is -2.05. The van der Waals surface area contributed by atoms with E-state index in [2.05, 4.69) is 9.84 Å². The molecule has 0 saturated heterocycles. The fourth-order valence-electron chi connectivity index (χ4n) is 0.903. The standard InChI is InChI=1S/C10H12N2O3S/c1-2-15-9(13)8-16-10(14)11-12-6-4-3-5-7-12/h3-7H,2,8H2,1H3. The maximum atomic E-state index is 11.3. The Morgan fingerprint density at radius 3 is 2.75 bits per heavy atom. The van der Waals surface area contributed by atoms with Crippen molar-refractivity contribution in [1.29, 1.82) is 0 Å². The van der Waals surface area contributed by atoms with E-state index in [0.717, 1.165) is 11.8 Å². The zero-order valence-corrected chi connectivity index (χ0v) is 9.64. The first-order valence-electron chi connectivity index (χ1n) is 4.73. The van der Waals surface area contributed by atoms with Gasteiger partial charge in [0, 0.05) is 12.1 Å². The van der Waals surface area contributed by atoms with Crippen LogP contribution in [0.3, 0.4) is 0 Å². The molecule has 1 aromatic rings. The van der Waals surface area contributed by atoms with Crippen LogP contribution in [0.15, 0.2) is 35.7 Å². The van der Waals surface area contributed by atoms with Gasteiger partial charge in [0.05, 0.1) is 17.6 Å². The van der Waals surface area contributed by atoms with E-state index in [4.69, 9.17) is 0 Å². The Labute approximate surface area is 97.7 Å². The van der Waals surface area contributed by atoms with E-state index >= 15 is 0 Å². The first kappa shape index (κ1) is 12.5. The van der Waals surface area contributed by atoms with Crippen LogP contribution in [0.2, 0.25) is 0 Å². The van der Waals surface area contributed by atoms with Gasteiger partial charge in [0.15, 0.2) is 0 Å². The van der Waals surface area contributed by atoms with Crippen LogP contribution < -0.4 is 9.78 Å². The molecular formula is C10H12N2O3S. The molecule has 6 heteroatoms. The number of nitrogens with zero attached hydrogens (tertiary/aromatic N) is 2. The summed E-state index contributed by atoms with van der Waals surface area (Å²) in [7, 11) is 0. The highest BCUT2D eigenvalue weighted by molar-refractivity contribution is 8.13. The minimum absolute atomic E-state index is 0.0104. The molecule has 0 aliphatic heterocycles. The first-order valence-corrected chi connectivity index (χ1v) is 5.71. The van der Waals surface area contributed by atoms with Crippen molar-refractivity contribution in [3.8, 4) is 0 Å². The van der Waals surface area contributed by atoms with Crippen LogP contribution in [0.4, 0.5) is 0 Å². The zero-order valence-electron chi connectivity index (χ0n) is 8.83. The number of carbonyl (C=O) groups is 1. The number of hydrogen-bond donors (Lipinski definition) is 0. The van der Waals surface area contributed by atoms with E-state index in [9.17, 15) is 9.90 Å². The van der Waals surface area contributed by atoms with Crippen molar-refractivity contribution in [2.45, 2.75) is 6.92 Å². The predicted octanol–water partition coefficient (Wildman–Crippen LogP) is -0.250. The van der Waals surface area contributed by atoms with Crippen molar-refractivity contribution in [2.24, 2.45) is 5.10 Å². The normalized spacial score (nSPS) is 11.2. The summed E-state index contributed by atoms with van der Waals surface area (Å²) in [4.78, 5) is 11.0. The molecule has 1 heterocycles. The average molecular weight is 240 g/mol. The Kier molecular flexibility index (Phi) is 5.35. The van der Waals surface area contributed by atoms with E-state index in [1.807, 2.05) is 6.07 Å². The molecule has 0 unspecified atom stereocenters. The van der Waals surface area contributed by atoms with Gasteiger partial charge in [0.25, 0.3) is 0 Å². The van der Waals surface area contributed by atoms with Crippen LogP contribution in [-0.2, 0) is 9.53 Å². The fraction of sp³-hybridized carbons (Fsp3) is 0.300. The van der Waals surface area contributed by atoms with Gasteiger partial charge in [0.1, 0.15) is 0 Å². The molecule has 5 nitrogen and oxygen atoms in total. The molecule has 1 rings (SSSR count). The molecule has 0 aliphatic carbocycles. The highest BCUT2D eigenvalue weighted by atomic mass is 32.2. The number of rotatable bonds is 4. The van der Waals surface area contributed by atoms with E-state index in [1.54, 1.807) is 31.5 Å². The monoisotopic (exact) mass is 240 g/mol. The quantitative estimate of drug-likeness (QED) is 0.315. The maximum absolute atomic E-state index is 11.3. The molecule has 0 spiro atoms. The van der Waals surface area contributed by atoms with Crippen molar-refractivity contribution >= 4 is 23.0 Å². The molecule has 0 saturated carbocycles. The number of pyridine rings is 1. The summed E-state index contributed by atoms with van der Waals surface area (Å²) in [6, 6.07) is 5.34. The van der Waals surface area contributed by atoms with Crippen LogP contribution in [0.25, 0.3) is 0 Å². The topological polar surface area (TPSA) is 65.6 Å². The number of thioether (sulfide) groups is 1. The van der Waals surface area contributed by atoms with Gasteiger partial charge >= 0.3 is 5.97 Å². The van der Waals surface area contributed by atoms with Crippen molar-refractivity contribution < 1.29 is 19.3 Å². The molecular weight excluding hydrogens is 228 g/mol. The molecule has 1 aromatic heterocycles. The Hall–Kier alpha value is -1.56. The van der Waals surface area contributed by atoms with Crippen molar-refractivity contribution in [1.82, 2.24) is 0 Å². The van der Waals surface area contributed by atoms with Gasteiger partial charge in [-0.25, -0.2) is 0 Å². The Morgan fingerprint density at radius 2 is 2.12 bits per heavy atom. The zero-order chi connectivity index (χ0) is 11.8. The van der Waals surface area contributed by atoms with Crippen LogP contribution in [0.1, 0.15) is 6.92 Å². The molecule has 86 valence electrons. The largest absolute Gasteiger partial charge is 0.850 e. The summed E-state index contributed by atoms with van der Waals surface area (Å²) in [6.45, 7) is 2.03. The lowest BCUT2D eigenvalue weighted by Crippen LogP contribution is -2.31. The summed E-state index contributed by atoms with van der Waals surface area (Å²) in [5, 5.41) is 14.6. The Morgan fingerprint density at radius 1 is 1.44 bits per heavy atom. The summed E-state index contributed by atoms with van der Waals surface area (Å²) in [6.07, 6.45) is 3.28. The molecule has 0 bridgehead atoms. The molecule has 0 radical (unpaired) electrons. The highest BCUT2D eigenvalue weighted by Crippen LogP contribution is 1.99. The SMILES string of the molecule is CCOC(=O)CS/C([O-])=N/[n+]1ccccc1. The van der Waals surface area contributed by atoms with Crippen LogP contribution in [0, 0.1) is 0 Å². The molecule has 0 aliphatic rings. The molecule has 0 N–H and O–H groups in total. The van der Waals surface area contributed by atoms with Gasteiger partial charge in [0.2, 0.25) is 12.4 Å². The van der Waals surface area contributed by atoms with E-state index in [1.165, 1.54) is 4.68 Å². The second-order valence-electron chi connectivity index (χ2n) is 2.72. The molecule has 0 amide bonds. The lowest BCUT2D eigenvalue weighted by molar-refractivity contribution is -0.681. The third-order valence-corrected chi connectivity index (χ3v) is 2.22. The van der Waals surface area contributed by atoms with Gasteiger partial charge in [-0.05, 0) is 12.0 Å². The fourth-order valence-corrected chi connectivity index (χ4v) is 1.38. The summed E-state index contributed by atoms with van der Waals surface area (Å²) >= 11 is 0.818. The third-order valence-electron chi connectivity index (χ3n) is 1.52. The Bertz CT molecular complexity index is 368. The van der Waals surface area contributed by atoms with Crippen LogP contribution in [-0.4, -0.2) is 23.6 Å². The minimum atomic E-state index is -0.427. The second-order valence-corrected chi connectivity index (χ2v) is 3.64. The number of hydrogen-bond acceptors (Lipinski definition) is 5. The molecule has 0 aromatic carbocycles. The van der Waals surface area contributed by atoms with E-state index < -0.39 is 11.2 Å². The van der Waals surface area contributed by atoms with Crippen LogP contribution >= 0.6 is 11.8 Å². The van der Waals surface area contributed by atoms with Gasteiger partial charge < -0.3 is 9.84 Å². The smallest absolute Gasteiger partial charge is 0.316 e. The maximum Gasteiger partial charge on any atom is 0.316 e. The van der Waals surface area contributed by atoms with Gasteiger partial charge in [-0.15, -0.1) is 11.8 Å². The van der Waals surface area contributed by atoms with Crippen molar-refractivity contribution in [3.63, 3.8) is 0 Å². The summed E-state index contributed by atoms with van der Waals surface area (Å²) in [5.41, 5.74) is 0. The first-order chi connectivity index (χ1) is 7.72. The molecule has 0 atom stereocenters. The number of ether oxygens (including phenoxy) is 1. The Balaban J connectivity index is 2.43. The van der Waals surface area contributed by atoms with Crippen molar-refractivity contribution in [3.05, 3.63) is 30.6 Å². The third kappa shape index (κ3) is 4.79. The number of carbonyl (C=O) groups excluding carboxylic acids is 1. The van der Waals surface area contributed by atoms with Crippen molar-refractivity contribution in [2.75, 3.05) is 12.4 Å². The summed E-state index contributed by atoms with van der Waals surface area (Å²) in [5.74, 6) is -0.419. The summed E-state index contributed by atoms with van der Waals surface area (Å²) < 4.78 is 6.07. The molecule has 16 heavy (non-hydrogen) atoms. The predicted molar refractivity (Wildman–Crippen MR) is 58.6 cm³/mol. The van der Waals surface area contributed by atoms with Gasteiger partial charge in [-0.1, -0.05) is 10.7 Å². The average Bonchev–Trinajstić information content (AvgIpc) is 2.28. The van der Waals surface area contributed by atoms with Crippen LogP contribution in [0.5, 0.6) is 0 Å².